The maximum absolute atomic E-state index is 9.10. The lowest BCUT2D eigenvalue weighted by atomic mass is 10.2. The molecule has 1 aromatic carbocycles. The zero-order chi connectivity index (χ0) is 15.0. The van der Waals surface area contributed by atoms with E-state index < -0.39 is 11.9 Å². The van der Waals surface area contributed by atoms with Gasteiger partial charge in [-0.15, -0.1) is 0 Å². The highest BCUT2D eigenvalue weighted by molar-refractivity contribution is 6.27. The molecular weight excluding hydrogens is 260 g/mol. The fourth-order valence-corrected chi connectivity index (χ4v) is 1.85. The van der Waals surface area contributed by atoms with Gasteiger partial charge in [0.25, 0.3) is 0 Å². The zero-order valence-corrected chi connectivity index (χ0v) is 11.5. The number of rotatable bonds is 2. The van der Waals surface area contributed by atoms with Crippen LogP contribution in [-0.4, -0.2) is 65.2 Å². The van der Waals surface area contributed by atoms with E-state index in [1.807, 2.05) is 0 Å². The van der Waals surface area contributed by atoms with Crippen LogP contribution < -0.4 is 0 Å². The molecule has 110 valence electrons. The molecule has 0 saturated carbocycles. The van der Waals surface area contributed by atoms with Crippen molar-refractivity contribution in [3.63, 3.8) is 0 Å². The number of piperazine rings is 1. The standard InChI is InChI=1S/C12H18N2.C2H2O4/c1-13-7-9-14(10-8-13)11-12-5-3-2-4-6-12;3-1(4)2(5)6/h2-6H,7-11H2,1H3;(H,3,4)(H,5,6). The summed E-state index contributed by atoms with van der Waals surface area (Å²) in [5.41, 5.74) is 1.43. The lowest BCUT2D eigenvalue weighted by Crippen LogP contribution is -2.43. The average molecular weight is 280 g/mol. The quantitative estimate of drug-likeness (QED) is 0.772. The molecular formula is C14H20N2O4. The van der Waals surface area contributed by atoms with Crippen molar-refractivity contribution in [2.45, 2.75) is 6.54 Å². The van der Waals surface area contributed by atoms with Crippen molar-refractivity contribution >= 4 is 11.9 Å². The van der Waals surface area contributed by atoms with Crippen molar-refractivity contribution in [2.75, 3.05) is 33.2 Å². The van der Waals surface area contributed by atoms with Crippen LogP contribution in [0.3, 0.4) is 0 Å². The number of benzene rings is 1. The Bertz CT molecular complexity index is 416. The fourth-order valence-electron chi connectivity index (χ4n) is 1.85. The maximum Gasteiger partial charge on any atom is 0.414 e. The third kappa shape index (κ3) is 6.31. The molecule has 1 heterocycles. The molecule has 0 amide bonds. The topological polar surface area (TPSA) is 81.1 Å². The largest absolute Gasteiger partial charge is 0.473 e. The Hall–Kier alpha value is -1.92. The average Bonchev–Trinajstić information content (AvgIpc) is 2.43. The number of hydrogen-bond acceptors (Lipinski definition) is 4. The van der Waals surface area contributed by atoms with Gasteiger partial charge in [0.05, 0.1) is 0 Å². The van der Waals surface area contributed by atoms with Crippen LogP contribution in [-0.2, 0) is 16.1 Å². The van der Waals surface area contributed by atoms with Gasteiger partial charge in [0.2, 0.25) is 0 Å². The Morgan fingerprint density at radius 3 is 1.95 bits per heavy atom. The number of aliphatic carboxylic acids is 2. The molecule has 0 radical (unpaired) electrons. The smallest absolute Gasteiger partial charge is 0.414 e. The molecule has 1 aromatic rings. The minimum atomic E-state index is -1.82. The van der Waals surface area contributed by atoms with E-state index in [1.54, 1.807) is 0 Å². The van der Waals surface area contributed by atoms with Crippen molar-refractivity contribution in [1.82, 2.24) is 9.80 Å². The van der Waals surface area contributed by atoms with Crippen LogP contribution in [0.1, 0.15) is 5.56 Å². The molecule has 2 N–H and O–H groups in total. The second-order valence-corrected chi connectivity index (χ2v) is 4.68. The molecule has 1 aliphatic heterocycles. The molecule has 1 aliphatic rings. The van der Waals surface area contributed by atoms with E-state index in [1.165, 1.54) is 31.7 Å². The summed E-state index contributed by atoms with van der Waals surface area (Å²) in [6, 6.07) is 10.7. The maximum atomic E-state index is 9.10. The second kappa shape index (κ2) is 8.29. The second-order valence-electron chi connectivity index (χ2n) is 4.68. The molecule has 0 aromatic heterocycles. The first-order chi connectivity index (χ1) is 9.49. The molecule has 0 aliphatic carbocycles. The molecule has 0 atom stereocenters. The van der Waals surface area contributed by atoms with Crippen LogP contribution in [0.4, 0.5) is 0 Å². The van der Waals surface area contributed by atoms with Gasteiger partial charge in [-0.1, -0.05) is 30.3 Å². The molecule has 0 spiro atoms. The Morgan fingerprint density at radius 1 is 1.00 bits per heavy atom. The highest BCUT2D eigenvalue weighted by Crippen LogP contribution is 2.06. The van der Waals surface area contributed by atoms with Crippen LogP contribution in [0.15, 0.2) is 30.3 Å². The number of likely N-dealkylation sites (N-methyl/N-ethyl adjacent to an activating group) is 1. The number of carboxylic acids is 2. The van der Waals surface area contributed by atoms with Crippen molar-refractivity contribution in [1.29, 1.82) is 0 Å². The van der Waals surface area contributed by atoms with Gasteiger partial charge in [0, 0.05) is 32.7 Å². The molecule has 1 fully saturated rings. The summed E-state index contributed by atoms with van der Waals surface area (Å²) in [5, 5.41) is 14.8. The number of carboxylic acid groups (broad SMARTS) is 2. The van der Waals surface area contributed by atoms with Gasteiger partial charge < -0.3 is 15.1 Å². The lowest BCUT2D eigenvalue weighted by Gasteiger charge is -2.32. The summed E-state index contributed by atoms with van der Waals surface area (Å²) in [4.78, 5) is 23.1. The summed E-state index contributed by atoms with van der Waals surface area (Å²) in [6.07, 6.45) is 0. The summed E-state index contributed by atoms with van der Waals surface area (Å²) in [7, 11) is 2.19. The molecule has 0 unspecified atom stereocenters. The minimum Gasteiger partial charge on any atom is -0.473 e. The van der Waals surface area contributed by atoms with Gasteiger partial charge in [-0.05, 0) is 12.6 Å². The van der Waals surface area contributed by atoms with Crippen molar-refractivity contribution < 1.29 is 19.8 Å². The first kappa shape index (κ1) is 16.1. The predicted molar refractivity (Wildman–Crippen MR) is 74.5 cm³/mol. The highest BCUT2D eigenvalue weighted by atomic mass is 16.4. The van der Waals surface area contributed by atoms with Crippen molar-refractivity contribution in [3.8, 4) is 0 Å². The Morgan fingerprint density at radius 2 is 1.50 bits per heavy atom. The van der Waals surface area contributed by atoms with Gasteiger partial charge in [-0.3, -0.25) is 4.90 Å². The van der Waals surface area contributed by atoms with Crippen LogP contribution in [0.5, 0.6) is 0 Å². The summed E-state index contributed by atoms with van der Waals surface area (Å²) >= 11 is 0. The van der Waals surface area contributed by atoms with Gasteiger partial charge in [0.15, 0.2) is 0 Å². The molecule has 20 heavy (non-hydrogen) atoms. The van der Waals surface area contributed by atoms with E-state index in [0.29, 0.717) is 0 Å². The van der Waals surface area contributed by atoms with E-state index in [0.717, 1.165) is 6.54 Å². The minimum absolute atomic E-state index is 1.11. The summed E-state index contributed by atoms with van der Waals surface area (Å²) < 4.78 is 0. The van der Waals surface area contributed by atoms with E-state index >= 15 is 0 Å². The first-order valence-electron chi connectivity index (χ1n) is 6.40. The Balaban J connectivity index is 0.000000286. The van der Waals surface area contributed by atoms with E-state index in [2.05, 4.69) is 47.2 Å². The Labute approximate surface area is 118 Å². The number of carbonyl (C=O) groups is 2. The highest BCUT2D eigenvalue weighted by Gasteiger charge is 2.13. The SMILES string of the molecule is CN1CCN(Cc2ccccc2)CC1.O=C(O)C(=O)O. The van der Waals surface area contributed by atoms with Crippen LogP contribution in [0.25, 0.3) is 0 Å². The van der Waals surface area contributed by atoms with Gasteiger partial charge in [-0.2, -0.15) is 0 Å². The molecule has 0 bridgehead atoms. The zero-order valence-electron chi connectivity index (χ0n) is 11.5. The van der Waals surface area contributed by atoms with E-state index in [-0.39, 0.29) is 0 Å². The third-order valence-corrected chi connectivity index (χ3v) is 3.03. The summed E-state index contributed by atoms with van der Waals surface area (Å²) in [6.45, 7) is 5.91. The first-order valence-corrected chi connectivity index (χ1v) is 6.40. The van der Waals surface area contributed by atoms with E-state index in [4.69, 9.17) is 19.8 Å². The van der Waals surface area contributed by atoms with Gasteiger partial charge in [0.1, 0.15) is 0 Å². The van der Waals surface area contributed by atoms with E-state index in [9.17, 15) is 0 Å². The normalized spacial score (nSPS) is 16.1. The fraction of sp³-hybridized carbons (Fsp3) is 0.429. The third-order valence-electron chi connectivity index (χ3n) is 3.03. The molecule has 6 heteroatoms. The van der Waals surface area contributed by atoms with Crippen LogP contribution in [0, 0.1) is 0 Å². The lowest BCUT2D eigenvalue weighted by molar-refractivity contribution is -0.159. The predicted octanol–water partition coefficient (Wildman–Crippen LogP) is 0.590. The van der Waals surface area contributed by atoms with Crippen molar-refractivity contribution in [2.24, 2.45) is 0 Å². The number of hydrogen-bond donors (Lipinski definition) is 2. The van der Waals surface area contributed by atoms with Gasteiger partial charge in [-0.25, -0.2) is 9.59 Å². The van der Waals surface area contributed by atoms with Crippen LogP contribution in [0.2, 0.25) is 0 Å². The molecule has 2 rings (SSSR count). The molecule has 6 nitrogen and oxygen atoms in total. The monoisotopic (exact) mass is 280 g/mol. The van der Waals surface area contributed by atoms with Gasteiger partial charge >= 0.3 is 11.9 Å². The van der Waals surface area contributed by atoms with Crippen molar-refractivity contribution in [3.05, 3.63) is 35.9 Å². The van der Waals surface area contributed by atoms with Crippen LogP contribution >= 0.6 is 0 Å². The molecule has 1 saturated heterocycles. The number of nitrogens with zero attached hydrogens (tertiary/aromatic N) is 2. The Kier molecular flexibility index (Phi) is 6.69. The summed E-state index contributed by atoms with van der Waals surface area (Å²) in [5.74, 6) is -3.65.